The summed E-state index contributed by atoms with van der Waals surface area (Å²) in [5, 5.41) is 20.3. The zero-order chi connectivity index (χ0) is 17.1. The van der Waals surface area contributed by atoms with Crippen LogP contribution >= 0.6 is 0 Å². The summed E-state index contributed by atoms with van der Waals surface area (Å²) in [5.74, 6) is 2.19. The normalized spacial score (nSPS) is 51.8. The number of hydrogen-bond donors (Lipinski definition) is 2. The van der Waals surface area contributed by atoms with Crippen LogP contribution in [0.15, 0.2) is 11.6 Å². The molecule has 3 saturated carbocycles. The fraction of sp³-hybridized carbons (Fsp3) is 0.857. The summed E-state index contributed by atoms with van der Waals surface area (Å²) in [5.41, 5.74) is 1.90. The van der Waals surface area contributed by atoms with Crippen molar-refractivity contribution in [2.45, 2.75) is 77.4 Å². The summed E-state index contributed by atoms with van der Waals surface area (Å²) < 4.78 is 0. The summed E-state index contributed by atoms with van der Waals surface area (Å²) in [6.07, 6.45) is 10.8. The van der Waals surface area contributed by atoms with Gasteiger partial charge in [-0.3, -0.25) is 0 Å². The molecular formula is C21H32O3. The first-order valence-electron chi connectivity index (χ1n) is 9.91. The van der Waals surface area contributed by atoms with Crippen molar-refractivity contribution in [3.63, 3.8) is 0 Å². The number of carbonyl (C=O) groups excluding carboxylic acids is 1. The molecular weight excluding hydrogens is 300 g/mol. The molecule has 2 unspecified atom stereocenters. The van der Waals surface area contributed by atoms with Crippen molar-refractivity contribution in [2.75, 3.05) is 0 Å². The molecule has 0 aromatic heterocycles. The quantitative estimate of drug-likeness (QED) is 0.601. The molecule has 0 aromatic carbocycles. The molecule has 0 bridgehead atoms. The summed E-state index contributed by atoms with van der Waals surface area (Å²) >= 11 is 0. The van der Waals surface area contributed by atoms with Crippen molar-refractivity contribution < 1.29 is 15.0 Å². The summed E-state index contributed by atoms with van der Waals surface area (Å²) in [4.78, 5) is 11.2. The first kappa shape index (κ1) is 16.8. The van der Waals surface area contributed by atoms with Gasteiger partial charge in [0, 0.05) is 0 Å². The second kappa shape index (κ2) is 5.67. The predicted octanol–water partition coefficient (Wildman–Crippen LogP) is 3.49. The lowest BCUT2D eigenvalue weighted by Gasteiger charge is -2.58. The number of hydrogen-bond acceptors (Lipinski definition) is 3. The molecule has 8 atom stereocenters. The Hall–Kier alpha value is -0.670. The van der Waals surface area contributed by atoms with Gasteiger partial charge < -0.3 is 15.0 Å². The minimum absolute atomic E-state index is 0.122. The maximum Gasteiger partial charge on any atom is 0.148 e. The van der Waals surface area contributed by atoms with Gasteiger partial charge in [-0.05, 0) is 85.9 Å². The molecule has 3 fully saturated rings. The van der Waals surface area contributed by atoms with Gasteiger partial charge in [0.15, 0.2) is 0 Å². The lowest BCUT2D eigenvalue weighted by molar-refractivity contribution is -0.123. The highest BCUT2D eigenvalue weighted by Gasteiger charge is 2.59. The monoisotopic (exact) mass is 332 g/mol. The van der Waals surface area contributed by atoms with E-state index in [9.17, 15) is 15.0 Å². The van der Waals surface area contributed by atoms with Crippen molar-refractivity contribution in [1.29, 1.82) is 0 Å². The number of aliphatic hydroxyl groups is 2. The largest absolute Gasteiger partial charge is 0.393 e. The van der Waals surface area contributed by atoms with Gasteiger partial charge in [-0.25, -0.2) is 0 Å². The fourth-order valence-corrected chi connectivity index (χ4v) is 7.34. The van der Waals surface area contributed by atoms with E-state index >= 15 is 0 Å². The zero-order valence-electron chi connectivity index (χ0n) is 15.1. The van der Waals surface area contributed by atoms with Crippen LogP contribution in [0.1, 0.15) is 65.2 Å². The topological polar surface area (TPSA) is 57.5 Å². The van der Waals surface area contributed by atoms with Gasteiger partial charge in [0.2, 0.25) is 0 Å². The summed E-state index contributed by atoms with van der Waals surface area (Å²) in [7, 11) is 0. The summed E-state index contributed by atoms with van der Waals surface area (Å²) in [6, 6.07) is 0. The molecule has 3 heteroatoms. The Kier molecular flexibility index (Phi) is 3.96. The van der Waals surface area contributed by atoms with Crippen molar-refractivity contribution >= 4 is 6.29 Å². The van der Waals surface area contributed by atoms with E-state index < -0.39 is 6.10 Å². The van der Waals surface area contributed by atoms with E-state index in [4.69, 9.17) is 0 Å². The Morgan fingerprint density at radius 3 is 2.71 bits per heavy atom. The van der Waals surface area contributed by atoms with Crippen molar-refractivity contribution in [3.05, 3.63) is 11.6 Å². The SMILES string of the molecule is C[C@]12CCC(O)CC1=CC[C@@H]1[C@@H]2CC[C@]2(C)C([C@@H](O)C=O)CC[C@@H]12. The molecule has 4 rings (SSSR count). The smallest absolute Gasteiger partial charge is 0.148 e. The van der Waals surface area contributed by atoms with Gasteiger partial charge in [-0.2, -0.15) is 0 Å². The number of allylic oxidation sites excluding steroid dienone is 1. The number of rotatable bonds is 2. The number of aldehydes is 1. The highest BCUT2D eigenvalue weighted by atomic mass is 16.3. The van der Waals surface area contributed by atoms with Crippen LogP contribution in [0.5, 0.6) is 0 Å². The van der Waals surface area contributed by atoms with E-state index in [0.29, 0.717) is 11.8 Å². The second-order valence-electron chi connectivity index (χ2n) is 9.51. The first-order chi connectivity index (χ1) is 11.4. The van der Waals surface area contributed by atoms with Crippen molar-refractivity contribution in [2.24, 2.45) is 34.5 Å². The molecule has 24 heavy (non-hydrogen) atoms. The van der Waals surface area contributed by atoms with Crippen molar-refractivity contribution in [1.82, 2.24) is 0 Å². The molecule has 0 saturated heterocycles. The van der Waals surface area contributed by atoms with Gasteiger partial charge in [0.1, 0.15) is 12.4 Å². The molecule has 134 valence electrons. The van der Waals surface area contributed by atoms with Gasteiger partial charge in [-0.1, -0.05) is 25.5 Å². The van der Waals surface area contributed by atoms with E-state index in [1.807, 2.05) is 0 Å². The number of aliphatic hydroxyl groups excluding tert-OH is 2. The second-order valence-corrected chi connectivity index (χ2v) is 9.51. The van der Waals surface area contributed by atoms with E-state index in [1.54, 1.807) is 0 Å². The Balaban J connectivity index is 1.64. The van der Waals surface area contributed by atoms with Gasteiger partial charge >= 0.3 is 0 Å². The highest BCUT2D eigenvalue weighted by Crippen LogP contribution is 2.66. The van der Waals surface area contributed by atoms with Crippen LogP contribution in [-0.4, -0.2) is 28.7 Å². The third-order valence-corrected chi connectivity index (χ3v) is 8.70. The number of carbonyl (C=O) groups is 1. The van der Waals surface area contributed by atoms with E-state index in [1.165, 1.54) is 12.0 Å². The maximum absolute atomic E-state index is 11.2. The number of fused-ring (bicyclic) bond motifs is 5. The van der Waals surface area contributed by atoms with Gasteiger partial charge in [0.25, 0.3) is 0 Å². The van der Waals surface area contributed by atoms with Gasteiger partial charge in [-0.15, -0.1) is 0 Å². The van der Waals surface area contributed by atoms with Crippen LogP contribution in [0.2, 0.25) is 0 Å². The Morgan fingerprint density at radius 2 is 1.96 bits per heavy atom. The molecule has 3 nitrogen and oxygen atoms in total. The highest BCUT2D eigenvalue weighted by molar-refractivity contribution is 5.56. The van der Waals surface area contributed by atoms with Crippen LogP contribution in [-0.2, 0) is 4.79 Å². The lowest BCUT2D eigenvalue weighted by Crippen LogP contribution is -2.51. The van der Waals surface area contributed by atoms with Crippen LogP contribution in [0.3, 0.4) is 0 Å². The average Bonchev–Trinajstić information content (AvgIpc) is 2.92. The third kappa shape index (κ3) is 2.20. The predicted molar refractivity (Wildman–Crippen MR) is 93.3 cm³/mol. The van der Waals surface area contributed by atoms with E-state index in [0.717, 1.165) is 57.1 Å². The minimum atomic E-state index is -0.786. The van der Waals surface area contributed by atoms with Crippen LogP contribution in [0.4, 0.5) is 0 Å². The summed E-state index contributed by atoms with van der Waals surface area (Å²) in [6.45, 7) is 4.78. The van der Waals surface area contributed by atoms with E-state index in [2.05, 4.69) is 19.9 Å². The standard InChI is InChI=1S/C21H32O3/c1-20-9-7-14(23)11-13(20)3-4-15-16-5-6-18(19(24)12-22)21(16,2)10-8-17(15)20/h3,12,14-19,23-24H,4-11H2,1-2H3/t14?,15-,16-,17-,18?,19-,20-,21-/m0/s1. The molecule has 0 aliphatic heterocycles. The molecule has 4 aliphatic rings. The third-order valence-electron chi connectivity index (χ3n) is 8.70. The van der Waals surface area contributed by atoms with Gasteiger partial charge in [0.05, 0.1) is 6.10 Å². The fourth-order valence-electron chi connectivity index (χ4n) is 7.34. The Bertz CT molecular complexity index is 555. The van der Waals surface area contributed by atoms with Crippen LogP contribution in [0.25, 0.3) is 0 Å². The molecule has 0 heterocycles. The zero-order valence-corrected chi connectivity index (χ0v) is 15.1. The minimum Gasteiger partial charge on any atom is -0.393 e. The molecule has 0 aromatic rings. The lowest BCUT2D eigenvalue weighted by atomic mass is 9.47. The average molecular weight is 332 g/mol. The molecule has 4 aliphatic carbocycles. The van der Waals surface area contributed by atoms with Crippen LogP contribution in [0, 0.1) is 34.5 Å². The first-order valence-corrected chi connectivity index (χ1v) is 9.91. The molecule has 2 N–H and O–H groups in total. The van der Waals surface area contributed by atoms with Crippen molar-refractivity contribution in [3.8, 4) is 0 Å². The van der Waals surface area contributed by atoms with Crippen LogP contribution < -0.4 is 0 Å². The Morgan fingerprint density at radius 1 is 1.17 bits per heavy atom. The molecule has 0 spiro atoms. The van der Waals surface area contributed by atoms with E-state index in [-0.39, 0.29) is 22.9 Å². The molecule has 0 radical (unpaired) electrons. The maximum atomic E-state index is 11.2. The molecule has 0 amide bonds. The Labute approximate surface area is 145 Å².